The molecule has 2 amide bonds. The lowest BCUT2D eigenvalue weighted by Crippen LogP contribution is -2.30. The van der Waals surface area contributed by atoms with Crippen LogP contribution in [0.2, 0.25) is 5.02 Å². The van der Waals surface area contributed by atoms with Crippen LogP contribution in [0.15, 0.2) is 42.5 Å². The van der Waals surface area contributed by atoms with Crippen LogP contribution < -0.4 is 9.62 Å². The topological polar surface area (TPSA) is 83.6 Å². The molecule has 3 rings (SSSR count). The van der Waals surface area contributed by atoms with Crippen LogP contribution in [0.4, 0.5) is 11.4 Å². The highest BCUT2D eigenvalue weighted by atomic mass is 35.5. The van der Waals surface area contributed by atoms with Crippen LogP contribution in [0.1, 0.15) is 29.8 Å². The minimum Gasteiger partial charge on any atom is -0.322 e. The van der Waals surface area contributed by atoms with E-state index in [4.69, 9.17) is 11.6 Å². The van der Waals surface area contributed by atoms with Crippen LogP contribution in [0.3, 0.4) is 0 Å². The van der Waals surface area contributed by atoms with E-state index in [0.29, 0.717) is 5.69 Å². The fourth-order valence-electron chi connectivity index (χ4n) is 2.92. The first-order valence-electron chi connectivity index (χ1n) is 8.49. The zero-order valence-corrected chi connectivity index (χ0v) is 16.5. The monoisotopic (exact) mass is 406 g/mol. The Morgan fingerprint density at radius 2 is 1.89 bits per heavy atom. The standard InChI is InChI=1S/C19H19ClN2O4S/c1-3-13-4-6-14(7-5-13)21-18(23)16-9-8-15(10-17(16)20)22-19(24)12(2)11-27(22,25)26/h4-10,12H,3,11H2,1-2H3,(H,21,23)/t12-/m1/s1. The highest BCUT2D eigenvalue weighted by molar-refractivity contribution is 7.94. The van der Waals surface area contributed by atoms with E-state index in [1.807, 2.05) is 19.1 Å². The number of carbonyl (C=O) groups is 2. The van der Waals surface area contributed by atoms with Gasteiger partial charge in [0.2, 0.25) is 15.9 Å². The summed E-state index contributed by atoms with van der Waals surface area (Å²) in [6.45, 7) is 3.61. The van der Waals surface area contributed by atoms with Gasteiger partial charge in [0.25, 0.3) is 5.91 Å². The molecule has 1 heterocycles. The van der Waals surface area contributed by atoms with Crippen molar-refractivity contribution < 1.29 is 18.0 Å². The fourth-order valence-corrected chi connectivity index (χ4v) is 5.00. The van der Waals surface area contributed by atoms with E-state index in [1.165, 1.54) is 18.2 Å². The highest BCUT2D eigenvalue weighted by Gasteiger charge is 2.42. The SMILES string of the molecule is CCc1ccc(NC(=O)c2ccc(N3C(=O)[C@H](C)CS3(=O)=O)cc2Cl)cc1. The van der Waals surface area contributed by atoms with Crippen molar-refractivity contribution in [2.24, 2.45) is 5.92 Å². The average molecular weight is 407 g/mol. The van der Waals surface area contributed by atoms with Gasteiger partial charge in [0.1, 0.15) is 0 Å². The second kappa shape index (κ2) is 7.32. The number of aryl methyl sites for hydroxylation is 1. The van der Waals surface area contributed by atoms with Crippen LogP contribution in [0.25, 0.3) is 0 Å². The van der Waals surface area contributed by atoms with Gasteiger partial charge in [-0.1, -0.05) is 37.6 Å². The Balaban J connectivity index is 1.84. The number of hydrogen-bond acceptors (Lipinski definition) is 4. The number of rotatable bonds is 4. The summed E-state index contributed by atoms with van der Waals surface area (Å²) >= 11 is 6.20. The fraction of sp³-hybridized carbons (Fsp3) is 0.263. The quantitative estimate of drug-likeness (QED) is 0.842. The van der Waals surface area contributed by atoms with Gasteiger partial charge in [-0.15, -0.1) is 0 Å². The smallest absolute Gasteiger partial charge is 0.257 e. The third kappa shape index (κ3) is 3.84. The van der Waals surface area contributed by atoms with Gasteiger partial charge in [-0.25, -0.2) is 12.7 Å². The number of nitrogens with zero attached hydrogens (tertiary/aromatic N) is 1. The van der Waals surface area contributed by atoms with Crippen molar-refractivity contribution in [1.82, 2.24) is 0 Å². The van der Waals surface area contributed by atoms with Gasteiger partial charge < -0.3 is 5.32 Å². The van der Waals surface area contributed by atoms with Crippen LogP contribution in [0.5, 0.6) is 0 Å². The molecular weight excluding hydrogens is 388 g/mol. The molecule has 1 atom stereocenters. The Bertz CT molecular complexity index is 1000. The molecule has 1 aliphatic heterocycles. The molecule has 8 heteroatoms. The van der Waals surface area contributed by atoms with Gasteiger partial charge in [0.15, 0.2) is 0 Å². The van der Waals surface area contributed by atoms with Crippen LogP contribution in [-0.2, 0) is 21.2 Å². The second-order valence-electron chi connectivity index (χ2n) is 6.45. The third-order valence-electron chi connectivity index (χ3n) is 4.41. The van der Waals surface area contributed by atoms with Crippen molar-refractivity contribution in [3.8, 4) is 0 Å². The van der Waals surface area contributed by atoms with E-state index < -0.39 is 27.8 Å². The van der Waals surface area contributed by atoms with Crippen molar-refractivity contribution >= 4 is 44.8 Å². The molecule has 1 aliphatic rings. The van der Waals surface area contributed by atoms with Crippen LogP contribution in [0, 0.1) is 5.92 Å². The second-order valence-corrected chi connectivity index (χ2v) is 8.72. The van der Waals surface area contributed by atoms with Gasteiger partial charge in [-0.3, -0.25) is 9.59 Å². The van der Waals surface area contributed by atoms with Crippen molar-refractivity contribution in [3.63, 3.8) is 0 Å². The van der Waals surface area contributed by atoms with E-state index in [2.05, 4.69) is 5.32 Å². The lowest BCUT2D eigenvalue weighted by atomic mass is 10.1. The minimum atomic E-state index is -3.72. The Morgan fingerprint density at radius 3 is 2.41 bits per heavy atom. The molecule has 2 aromatic rings. The molecule has 142 valence electrons. The molecular formula is C19H19ClN2O4S. The Labute approximate surface area is 163 Å². The number of nitrogens with one attached hydrogen (secondary N) is 1. The summed E-state index contributed by atoms with van der Waals surface area (Å²) in [5.41, 5.74) is 2.11. The van der Waals surface area contributed by atoms with E-state index in [-0.39, 0.29) is 22.0 Å². The van der Waals surface area contributed by atoms with E-state index in [9.17, 15) is 18.0 Å². The Morgan fingerprint density at radius 1 is 1.22 bits per heavy atom. The zero-order chi connectivity index (χ0) is 19.8. The number of sulfonamides is 1. The van der Waals surface area contributed by atoms with Crippen molar-refractivity contribution in [2.75, 3.05) is 15.4 Å². The minimum absolute atomic E-state index is 0.0673. The van der Waals surface area contributed by atoms with Crippen LogP contribution in [-0.4, -0.2) is 26.0 Å². The first kappa shape index (κ1) is 19.4. The van der Waals surface area contributed by atoms with Crippen molar-refractivity contribution in [3.05, 3.63) is 58.6 Å². The summed E-state index contributed by atoms with van der Waals surface area (Å²) in [5.74, 6) is -1.76. The Hall–Kier alpha value is -2.38. The molecule has 0 aromatic heterocycles. The maximum absolute atomic E-state index is 12.5. The number of halogens is 1. The lowest BCUT2D eigenvalue weighted by Gasteiger charge is -2.16. The molecule has 1 saturated heterocycles. The predicted molar refractivity (Wildman–Crippen MR) is 106 cm³/mol. The molecule has 0 saturated carbocycles. The summed E-state index contributed by atoms with van der Waals surface area (Å²) in [4.78, 5) is 24.6. The lowest BCUT2D eigenvalue weighted by molar-refractivity contribution is -0.119. The van der Waals surface area contributed by atoms with Crippen molar-refractivity contribution in [1.29, 1.82) is 0 Å². The van der Waals surface area contributed by atoms with E-state index in [1.54, 1.807) is 19.1 Å². The van der Waals surface area contributed by atoms with Crippen molar-refractivity contribution in [2.45, 2.75) is 20.3 Å². The van der Waals surface area contributed by atoms with Gasteiger partial charge in [-0.2, -0.15) is 0 Å². The molecule has 0 spiro atoms. The molecule has 2 aromatic carbocycles. The van der Waals surface area contributed by atoms with E-state index >= 15 is 0 Å². The van der Waals surface area contributed by atoms with Gasteiger partial charge in [-0.05, 0) is 42.3 Å². The maximum Gasteiger partial charge on any atom is 0.257 e. The van der Waals surface area contributed by atoms with Crippen LogP contribution >= 0.6 is 11.6 Å². The number of amides is 2. The largest absolute Gasteiger partial charge is 0.322 e. The maximum atomic E-state index is 12.5. The first-order valence-corrected chi connectivity index (χ1v) is 10.5. The van der Waals surface area contributed by atoms with Gasteiger partial charge in [0.05, 0.1) is 27.9 Å². The summed E-state index contributed by atoms with van der Waals surface area (Å²) in [7, 11) is -3.72. The third-order valence-corrected chi connectivity index (χ3v) is 6.59. The summed E-state index contributed by atoms with van der Waals surface area (Å²) in [6, 6.07) is 11.6. The number of hydrogen-bond donors (Lipinski definition) is 1. The number of anilines is 2. The van der Waals surface area contributed by atoms with E-state index in [0.717, 1.165) is 16.3 Å². The van der Waals surface area contributed by atoms with Gasteiger partial charge in [0, 0.05) is 5.69 Å². The van der Waals surface area contributed by atoms with Gasteiger partial charge >= 0.3 is 0 Å². The molecule has 1 fully saturated rings. The normalized spacial score (nSPS) is 18.6. The number of benzene rings is 2. The molecule has 0 radical (unpaired) electrons. The highest BCUT2D eigenvalue weighted by Crippen LogP contribution is 2.31. The molecule has 6 nitrogen and oxygen atoms in total. The number of carbonyl (C=O) groups excluding carboxylic acids is 2. The first-order chi connectivity index (χ1) is 12.7. The Kier molecular flexibility index (Phi) is 5.26. The summed E-state index contributed by atoms with van der Waals surface area (Å²) in [6.07, 6.45) is 0.901. The molecule has 27 heavy (non-hydrogen) atoms. The molecule has 1 N–H and O–H groups in total. The molecule has 0 unspecified atom stereocenters. The summed E-state index contributed by atoms with van der Waals surface area (Å²) in [5, 5.41) is 2.82. The average Bonchev–Trinajstić information content (AvgIpc) is 2.82. The molecule has 0 aliphatic carbocycles. The predicted octanol–water partition coefficient (Wildman–Crippen LogP) is 3.47. The zero-order valence-electron chi connectivity index (χ0n) is 14.9. The molecule has 0 bridgehead atoms. The summed E-state index contributed by atoms with van der Waals surface area (Å²) < 4.78 is 25.1.